The average molecular weight is 394 g/mol. The molecule has 0 aromatic heterocycles. The van der Waals surface area contributed by atoms with E-state index in [-0.39, 0.29) is 23.6 Å². The molecule has 7 nitrogen and oxygen atoms in total. The molecule has 3 fully saturated rings. The summed E-state index contributed by atoms with van der Waals surface area (Å²) in [5.74, 6) is 0.242. The molecule has 2 aliphatic heterocycles. The van der Waals surface area contributed by atoms with E-state index in [1.165, 1.54) is 6.42 Å². The third-order valence-electron chi connectivity index (χ3n) is 6.50. The quantitative estimate of drug-likeness (QED) is 0.739. The van der Waals surface area contributed by atoms with Crippen LogP contribution >= 0.6 is 0 Å². The van der Waals surface area contributed by atoms with E-state index in [1.54, 1.807) is 4.90 Å². The highest BCUT2D eigenvalue weighted by molar-refractivity contribution is 5.81. The van der Waals surface area contributed by atoms with Gasteiger partial charge >= 0.3 is 0 Å². The Hall–Kier alpha value is -1.63. The Balaban J connectivity index is 1.41. The van der Waals surface area contributed by atoms with E-state index in [0.717, 1.165) is 45.1 Å². The summed E-state index contributed by atoms with van der Waals surface area (Å²) in [6, 6.07) is 0. The molecular weight excluding hydrogens is 358 g/mol. The van der Waals surface area contributed by atoms with Gasteiger partial charge in [0.15, 0.2) is 0 Å². The van der Waals surface area contributed by atoms with E-state index < -0.39 is 6.10 Å². The first kappa shape index (κ1) is 21.1. The van der Waals surface area contributed by atoms with Crippen LogP contribution in [0.25, 0.3) is 0 Å². The highest BCUT2D eigenvalue weighted by Gasteiger charge is 2.32. The predicted octanol–water partition coefficient (Wildman–Crippen LogP) is 1.39. The number of hydrogen-bond acceptors (Lipinski definition) is 4. The van der Waals surface area contributed by atoms with Gasteiger partial charge in [0.25, 0.3) is 5.91 Å². The van der Waals surface area contributed by atoms with E-state index in [9.17, 15) is 19.5 Å². The first-order valence-electron chi connectivity index (χ1n) is 11.1. The number of hydrogen-bond donors (Lipinski definition) is 1. The fraction of sp³-hybridized carbons (Fsp3) is 0.857. The topological polar surface area (TPSA) is 81.2 Å². The van der Waals surface area contributed by atoms with E-state index in [2.05, 4.69) is 0 Å². The number of carbonyl (C=O) groups is 3. The van der Waals surface area contributed by atoms with Crippen LogP contribution in [-0.2, 0) is 14.4 Å². The molecule has 1 N–H and O–H groups in total. The lowest BCUT2D eigenvalue weighted by Crippen LogP contribution is -2.45. The van der Waals surface area contributed by atoms with Gasteiger partial charge < -0.3 is 19.8 Å². The molecule has 0 spiro atoms. The smallest absolute Gasteiger partial charge is 0.251 e. The molecule has 0 aromatic rings. The van der Waals surface area contributed by atoms with Crippen LogP contribution in [0.1, 0.15) is 64.2 Å². The van der Waals surface area contributed by atoms with Crippen LogP contribution in [0, 0.1) is 5.92 Å². The van der Waals surface area contributed by atoms with Crippen molar-refractivity contribution in [1.29, 1.82) is 0 Å². The summed E-state index contributed by atoms with van der Waals surface area (Å²) >= 11 is 0. The normalized spacial score (nSPS) is 23.0. The number of aliphatic hydroxyl groups excluding tert-OH is 1. The van der Waals surface area contributed by atoms with Crippen LogP contribution < -0.4 is 0 Å². The Kier molecular flexibility index (Phi) is 7.71. The van der Waals surface area contributed by atoms with Gasteiger partial charge in [-0.2, -0.15) is 0 Å². The zero-order chi connectivity index (χ0) is 19.9. The minimum absolute atomic E-state index is 0.0931. The minimum atomic E-state index is -0.888. The third-order valence-corrected chi connectivity index (χ3v) is 6.50. The molecule has 0 radical (unpaired) electrons. The van der Waals surface area contributed by atoms with Crippen LogP contribution in [0.2, 0.25) is 0 Å². The van der Waals surface area contributed by atoms with Crippen LogP contribution in [0.5, 0.6) is 0 Å². The van der Waals surface area contributed by atoms with Gasteiger partial charge in [-0.25, -0.2) is 0 Å². The van der Waals surface area contributed by atoms with Gasteiger partial charge in [-0.3, -0.25) is 14.4 Å². The molecule has 1 aliphatic carbocycles. The van der Waals surface area contributed by atoms with Gasteiger partial charge in [-0.15, -0.1) is 0 Å². The highest BCUT2D eigenvalue weighted by atomic mass is 16.3. The lowest BCUT2D eigenvalue weighted by atomic mass is 9.85. The molecule has 0 bridgehead atoms. The molecule has 1 atom stereocenters. The van der Waals surface area contributed by atoms with Crippen LogP contribution in [0.4, 0.5) is 0 Å². The maximum atomic E-state index is 12.7. The summed E-state index contributed by atoms with van der Waals surface area (Å²) in [5.41, 5.74) is 0. The molecule has 7 heteroatoms. The second-order valence-corrected chi connectivity index (χ2v) is 8.49. The summed E-state index contributed by atoms with van der Waals surface area (Å²) in [7, 11) is 0. The number of nitrogens with zero attached hydrogens (tertiary/aromatic N) is 3. The van der Waals surface area contributed by atoms with Crippen molar-refractivity contribution in [2.24, 2.45) is 5.92 Å². The van der Waals surface area contributed by atoms with Crippen molar-refractivity contribution in [1.82, 2.24) is 14.7 Å². The summed E-state index contributed by atoms with van der Waals surface area (Å²) in [5, 5.41) is 10.5. The minimum Gasteiger partial charge on any atom is -0.383 e. The van der Waals surface area contributed by atoms with Gasteiger partial charge in [0.2, 0.25) is 11.8 Å². The predicted molar refractivity (Wildman–Crippen MR) is 105 cm³/mol. The molecule has 3 amide bonds. The summed E-state index contributed by atoms with van der Waals surface area (Å²) in [6.07, 6.45) is 7.83. The Morgan fingerprint density at radius 2 is 1.64 bits per heavy atom. The molecule has 3 aliphatic rings. The number of amides is 3. The third kappa shape index (κ3) is 5.46. The van der Waals surface area contributed by atoms with Gasteiger partial charge in [-0.05, 0) is 38.0 Å². The first-order valence-corrected chi connectivity index (χ1v) is 11.1. The van der Waals surface area contributed by atoms with Crippen LogP contribution in [-0.4, -0.2) is 82.9 Å². The van der Waals surface area contributed by atoms with Crippen molar-refractivity contribution in [2.75, 3.05) is 39.3 Å². The average Bonchev–Trinajstić information content (AvgIpc) is 2.97. The molecule has 2 saturated heterocycles. The van der Waals surface area contributed by atoms with Gasteiger partial charge in [0.05, 0.1) is 0 Å². The maximum Gasteiger partial charge on any atom is 0.251 e. The van der Waals surface area contributed by atoms with Crippen molar-refractivity contribution in [3.63, 3.8) is 0 Å². The van der Waals surface area contributed by atoms with Crippen molar-refractivity contribution in [2.45, 2.75) is 70.3 Å². The van der Waals surface area contributed by atoms with E-state index in [0.29, 0.717) is 52.0 Å². The number of aliphatic hydroxyl groups is 1. The highest BCUT2D eigenvalue weighted by Crippen LogP contribution is 2.27. The number of likely N-dealkylation sites (tertiary alicyclic amines) is 1. The Bertz CT molecular complexity index is 562. The molecular formula is C21H35N3O4. The second kappa shape index (κ2) is 10.2. The van der Waals surface area contributed by atoms with E-state index in [4.69, 9.17) is 0 Å². The summed E-state index contributed by atoms with van der Waals surface area (Å²) in [4.78, 5) is 42.3. The zero-order valence-electron chi connectivity index (χ0n) is 17.0. The zero-order valence-corrected chi connectivity index (χ0v) is 17.0. The van der Waals surface area contributed by atoms with Gasteiger partial charge in [0.1, 0.15) is 6.10 Å². The maximum absolute atomic E-state index is 12.7. The van der Waals surface area contributed by atoms with Crippen LogP contribution in [0.15, 0.2) is 0 Å². The van der Waals surface area contributed by atoms with Gasteiger partial charge in [0, 0.05) is 52.1 Å². The van der Waals surface area contributed by atoms with E-state index >= 15 is 0 Å². The fourth-order valence-corrected chi connectivity index (χ4v) is 4.75. The van der Waals surface area contributed by atoms with Gasteiger partial charge in [-0.1, -0.05) is 19.3 Å². The Labute approximate surface area is 168 Å². The second-order valence-electron chi connectivity index (χ2n) is 8.49. The first-order chi connectivity index (χ1) is 13.6. The van der Waals surface area contributed by atoms with Crippen molar-refractivity contribution >= 4 is 17.7 Å². The Morgan fingerprint density at radius 1 is 0.929 bits per heavy atom. The molecule has 3 rings (SSSR count). The SMILES string of the molecule is O=C1CCCN1CCCC(=O)N1CCCN(C(=O)[C@H](O)C2CCCCC2)CC1. The molecule has 0 unspecified atom stereocenters. The fourth-order valence-electron chi connectivity index (χ4n) is 4.75. The van der Waals surface area contributed by atoms with Crippen molar-refractivity contribution in [3.05, 3.63) is 0 Å². The summed E-state index contributed by atoms with van der Waals surface area (Å²) < 4.78 is 0. The monoisotopic (exact) mass is 393 g/mol. The molecule has 2 heterocycles. The lowest BCUT2D eigenvalue weighted by Gasteiger charge is -2.30. The Morgan fingerprint density at radius 3 is 2.36 bits per heavy atom. The molecule has 28 heavy (non-hydrogen) atoms. The molecule has 1 saturated carbocycles. The number of rotatable bonds is 6. The lowest BCUT2D eigenvalue weighted by molar-refractivity contribution is -0.144. The van der Waals surface area contributed by atoms with E-state index in [1.807, 2.05) is 9.80 Å². The molecule has 158 valence electrons. The van der Waals surface area contributed by atoms with Crippen molar-refractivity contribution < 1.29 is 19.5 Å². The summed E-state index contributed by atoms with van der Waals surface area (Å²) in [6.45, 7) is 3.77. The van der Waals surface area contributed by atoms with Crippen LogP contribution in [0.3, 0.4) is 0 Å². The molecule has 0 aromatic carbocycles. The number of carbonyl (C=O) groups excluding carboxylic acids is 3. The largest absolute Gasteiger partial charge is 0.383 e. The van der Waals surface area contributed by atoms with Crippen molar-refractivity contribution in [3.8, 4) is 0 Å². The standard InChI is InChI=1S/C21H35N3O4/c25-18-9-4-11-22(18)12-5-10-19(26)23-13-6-14-24(16-15-23)21(28)20(27)17-7-2-1-3-8-17/h17,20,27H,1-16H2/t20-/m1/s1.